The van der Waals surface area contributed by atoms with Crippen LogP contribution >= 0.6 is 0 Å². The van der Waals surface area contributed by atoms with Crippen molar-refractivity contribution >= 4 is 6.09 Å². The van der Waals surface area contributed by atoms with E-state index in [1.165, 1.54) is 0 Å². The lowest BCUT2D eigenvalue weighted by Gasteiger charge is -2.20. The van der Waals surface area contributed by atoms with Crippen molar-refractivity contribution < 1.29 is 9.53 Å². The highest BCUT2D eigenvalue weighted by Crippen LogP contribution is 2.26. The molecule has 1 saturated carbocycles. The third-order valence-electron chi connectivity index (χ3n) is 3.47. The number of hydrogen-bond acceptors (Lipinski definition) is 4. The number of alkyl carbamates (subject to hydrolysis) is 1. The number of nitrogens with one attached hydrogen (secondary N) is 2. The Bertz CT molecular complexity index is 586. The Balaban J connectivity index is 1.81. The van der Waals surface area contributed by atoms with Gasteiger partial charge in [0.25, 0.3) is 0 Å². The number of hydrogen-bond donors (Lipinski definition) is 2. The van der Waals surface area contributed by atoms with Crippen molar-refractivity contribution in [2.45, 2.75) is 57.8 Å². The van der Waals surface area contributed by atoms with Crippen LogP contribution < -0.4 is 10.6 Å². The summed E-state index contributed by atoms with van der Waals surface area (Å²) in [5.74, 6) is 0. The first-order chi connectivity index (χ1) is 10.3. The number of nitriles is 1. The van der Waals surface area contributed by atoms with Crippen LogP contribution in [-0.2, 0) is 4.74 Å². The first-order valence-corrected chi connectivity index (χ1v) is 7.54. The zero-order valence-electron chi connectivity index (χ0n) is 13.5. The first-order valence-electron chi connectivity index (χ1n) is 7.54. The molecule has 22 heavy (non-hydrogen) atoms. The third-order valence-corrected chi connectivity index (χ3v) is 3.47. The van der Waals surface area contributed by atoms with Gasteiger partial charge < -0.3 is 15.4 Å². The summed E-state index contributed by atoms with van der Waals surface area (Å²) in [6, 6.07) is 10.2. The number of nitrogens with zero attached hydrogens (tertiary/aromatic N) is 1. The van der Waals surface area contributed by atoms with Gasteiger partial charge in [-0.25, -0.2) is 4.79 Å². The summed E-state index contributed by atoms with van der Waals surface area (Å²) in [4.78, 5) is 11.7. The van der Waals surface area contributed by atoms with E-state index < -0.39 is 5.60 Å². The molecule has 1 aliphatic carbocycles. The second-order valence-electron chi connectivity index (χ2n) is 6.72. The topological polar surface area (TPSA) is 74.2 Å². The fourth-order valence-corrected chi connectivity index (χ4v) is 2.29. The van der Waals surface area contributed by atoms with Gasteiger partial charge in [0.2, 0.25) is 0 Å². The number of ether oxygens (including phenoxy) is 1. The normalized spacial score (nSPS) is 21.6. The molecule has 0 aromatic heterocycles. The summed E-state index contributed by atoms with van der Waals surface area (Å²) in [6.45, 7) is 7.59. The smallest absolute Gasteiger partial charge is 0.407 e. The summed E-state index contributed by atoms with van der Waals surface area (Å²) < 4.78 is 5.24. The quantitative estimate of drug-likeness (QED) is 0.896. The van der Waals surface area contributed by atoms with Crippen LogP contribution in [-0.4, -0.2) is 23.8 Å². The first kappa shape index (κ1) is 16.3. The van der Waals surface area contributed by atoms with Gasteiger partial charge in [0, 0.05) is 18.1 Å². The average molecular weight is 301 g/mol. The van der Waals surface area contributed by atoms with E-state index in [-0.39, 0.29) is 24.2 Å². The Hall–Kier alpha value is -2.06. The molecule has 1 fully saturated rings. The number of carbonyl (C=O) groups excluding carboxylic acids is 1. The fraction of sp³-hybridized carbons (Fsp3) is 0.529. The van der Waals surface area contributed by atoms with Crippen molar-refractivity contribution in [1.82, 2.24) is 10.6 Å². The molecule has 2 rings (SSSR count). The Morgan fingerprint density at radius 2 is 2.14 bits per heavy atom. The van der Waals surface area contributed by atoms with E-state index >= 15 is 0 Å². The SMILES string of the molecule is CC(NC1CC1NC(=O)OC(C)(C)C)c1cccc(C#N)c1. The van der Waals surface area contributed by atoms with E-state index in [2.05, 4.69) is 23.6 Å². The second-order valence-corrected chi connectivity index (χ2v) is 6.72. The summed E-state index contributed by atoms with van der Waals surface area (Å²) in [5, 5.41) is 15.3. The lowest BCUT2D eigenvalue weighted by atomic mass is 10.1. The van der Waals surface area contributed by atoms with Gasteiger partial charge in [-0.05, 0) is 51.8 Å². The summed E-state index contributed by atoms with van der Waals surface area (Å²) >= 11 is 0. The van der Waals surface area contributed by atoms with Gasteiger partial charge >= 0.3 is 6.09 Å². The monoisotopic (exact) mass is 301 g/mol. The maximum Gasteiger partial charge on any atom is 0.407 e. The molecule has 3 atom stereocenters. The molecule has 0 heterocycles. The van der Waals surface area contributed by atoms with Crippen molar-refractivity contribution in [3.05, 3.63) is 35.4 Å². The molecule has 0 bridgehead atoms. The number of rotatable bonds is 4. The minimum absolute atomic E-state index is 0.108. The van der Waals surface area contributed by atoms with Crippen LogP contribution in [0.5, 0.6) is 0 Å². The molecule has 2 N–H and O–H groups in total. The molecular weight excluding hydrogens is 278 g/mol. The molecule has 118 valence electrons. The van der Waals surface area contributed by atoms with Crippen LogP contribution in [0, 0.1) is 11.3 Å². The van der Waals surface area contributed by atoms with Crippen LogP contribution in [0.3, 0.4) is 0 Å². The maximum atomic E-state index is 11.7. The van der Waals surface area contributed by atoms with Gasteiger partial charge in [-0.3, -0.25) is 0 Å². The van der Waals surface area contributed by atoms with Crippen LogP contribution in [0.1, 0.15) is 51.3 Å². The van der Waals surface area contributed by atoms with Crippen molar-refractivity contribution in [3.63, 3.8) is 0 Å². The lowest BCUT2D eigenvalue weighted by Crippen LogP contribution is -2.37. The summed E-state index contributed by atoms with van der Waals surface area (Å²) in [5.41, 5.74) is 1.25. The number of amides is 1. The molecule has 5 nitrogen and oxygen atoms in total. The molecule has 1 aromatic carbocycles. The maximum absolute atomic E-state index is 11.7. The highest BCUT2D eigenvalue weighted by atomic mass is 16.6. The summed E-state index contributed by atoms with van der Waals surface area (Å²) in [6.07, 6.45) is 0.516. The van der Waals surface area contributed by atoms with Crippen molar-refractivity contribution in [3.8, 4) is 6.07 Å². The minimum Gasteiger partial charge on any atom is -0.444 e. The highest BCUT2D eigenvalue weighted by molar-refractivity contribution is 5.68. The van der Waals surface area contributed by atoms with E-state index in [1.54, 1.807) is 6.07 Å². The van der Waals surface area contributed by atoms with Crippen molar-refractivity contribution in [2.75, 3.05) is 0 Å². The van der Waals surface area contributed by atoms with Crippen molar-refractivity contribution in [2.24, 2.45) is 0 Å². The Kier molecular flexibility index (Phi) is 4.72. The standard InChI is InChI=1S/C17H23N3O2/c1-11(13-7-5-6-12(8-13)10-18)19-14-9-15(14)20-16(21)22-17(2,3)4/h5-8,11,14-15,19H,9H2,1-4H3,(H,20,21). The predicted octanol–water partition coefficient (Wildman–Crippen LogP) is 2.87. The molecule has 1 aromatic rings. The van der Waals surface area contributed by atoms with E-state index in [4.69, 9.17) is 10.00 Å². The van der Waals surface area contributed by atoms with E-state index in [1.807, 2.05) is 39.0 Å². The van der Waals surface area contributed by atoms with Crippen LogP contribution in [0.4, 0.5) is 4.79 Å². The molecule has 0 radical (unpaired) electrons. The second kappa shape index (κ2) is 6.37. The van der Waals surface area contributed by atoms with Gasteiger partial charge in [0.05, 0.1) is 11.6 Å². The molecule has 1 aliphatic rings. The third kappa shape index (κ3) is 4.74. The molecule has 3 unspecified atom stereocenters. The van der Waals surface area contributed by atoms with Crippen molar-refractivity contribution in [1.29, 1.82) is 5.26 Å². The fourth-order valence-electron chi connectivity index (χ4n) is 2.29. The molecule has 5 heteroatoms. The largest absolute Gasteiger partial charge is 0.444 e. The highest BCUT2D eigenvalue weighted by Gasteiger charge is 2.40. The van der Waals surface area contributed by atoms with Gasteiger partial charge in [-0.2, -0.15) is 5.26 Å². The Labute approximate surface area is 131 Å². The number of benzene rings is 1. The molecule has 0 spiro atoms. The van der Waals surface area contributed by atoms with Gasteiger partial charge in [0.1, 0.15) is 5.60 Å². The minimum atomic E-state index is -0.479. The molecular formula is C17H23N3O2. The predicted molar refractivity (Wildman–Crippen MR) is 84.3 cm³/mol. The Morgan fingerprint density at radius 1 is 1.41 bits per heavy atom. The van der Waals surface area contributed by atoms with E-state index in [9.17, 15) is 4.79 Å². The van der Waals surface area contributed by atoms with E-state index in [0.717, 1.165) is 12.0 Å². The summed E-state index contributed by atoms with van der Waals surface area (Å²) in [7, 11) is 0. The molecule has 1 amide bonds. The molecule has 0 aliphatic heterocycles. The van der Waals surface area contributed by atoms with Crippen LogP contribution in [0.25, 0.3) is 0 Å². The van der Waals surface area contributed by atoms with E-state index in [0.29, 0.717) is 5.56 Å². The van der Waals surface area contributed by atoms with Crippen LogP contribution in [0.2, 0.25) is 0 Å². The zero-order valence-corrected chi connectivity index (χ0v) is 13.5. The Morgan fingerprint density at radius 3 is 2.77 bits per heavy atom. The molecule has 0 saturated heterocycles. The van der Waals surface area contributed by atoms with Gasteiger partial charge in [0.15, 0.2) is 0 Å². The number of carbonyl (C=O) groups is 1. The van der Waals surface area contributed by atoms with Gasteiger partial charge in [-0.15, -0.1) is 0 Å². The van der Waals surface area contributed by atoms with Crippen LogP contribution in [0.15, 0.2) is 24.3 Å². The zero-order chi connectivity index (χ0) is 16.3. The lowest BCUT2D eigenvalue weighted by molar-refractivity contribution is 0.0522. The van der Waals surface area contributed by atoms with Gasteiger partial charge in [-0.1, -0.05) is 12.1 Å². The average Bonchev–Trinajstić information content (AvgIpc) is 3.14.